The summed E-state index contributed by atoms with van der Waals surface area (Å²) < 4.78 is 34.2. The third-order valence-corrected chi connectivity index (χ3v) is 5.61. The van der Waals surface area contributed by atoms with E-state index < -0.39 is 22.2 Å². The minimum absolute atomic E-state index is 0.155. The first-order valence-electron chi connectivity index (χ1n) is 9.88. The van der Waals surface area contributed by atoms with E-state index in [1.165, 1.54) is 12.3 Å². The van der Waals surface area contributed by atoms with Crippen molar-refractivity contribution in [1.82, 2.24) is 19.4 Å². The molecular weight excluding hydrogens is 424 g/mol. The molecule has 11 heteroatoms. The molecule has 3 aromatic rings. The third kappa shape index (κ3) is 3.35. The van der Waals surface area contributed by atoms with E-state index in [1.807, 2.05) is 6.92 Å². The predicted octanol–water partition coefficient (Wildman–Crippen LogP) is 2.98. The van der Waals surface area contributed by atoms with Crippen LogP contribution in [0.3, 0.4) is 0 Å². The molecular formula is C21H17F2N5O4. The molecule has 5 rings (SSSR count). The maximum absolute atomic E-state index is 13.6. The molecule has 0 spiro atoms. The van der Waals surface area contributed by atoms with Crippen molar-refractivity contribution in [2.75, 3.05) is 13.1 Å². The Morgan fingerprint density at radius 3 is 2.75 bits per heavy atom. The largest absolute Gasteiger partial charge is 0.436 e. The van der Waals surface area contributed by atoms with Crippen LogP contribution in [0, 0.1) is 21.7 Å². The normalized spacial score (nSPS) is 19.5. The fourth-order valence-corrected chi connectivity index (χ4v) is 4.13. The fourth-order valence-electron chi connectivity index (χ4n) is 4.13. The highest BCUT2D eigenvalue weighted by Crippen LogP contribution is 2.33. The second kappa shape index (κ2) is 7.08. The maximum atomic E-state index is 13.6. The Labute approximate surface area is 180 Å². The van der Waals surface area contributed by atoms with Gasteiger partial charge in [0.25, 0.3) is 5.91 Å². The van der Waals surface area contributed by atoms with Gasteiger partial charge in [0.05, 0.1) is 30.0 Å². The first kappa shape index (κ1) is 20.0. The van der Waals surface area contributed by atoms with Gasteiger partial charge in [-0.15, -0.1) is 0 Å². The zero-order chi connectivity index (χ0) is 22.6. The molecule has 164 valence electrons. The molecule has 0 saturated carbocycles. The lowest BCUT2D eigenvalue weighted by atomic mass is 9.99. The van der Waals surface area contributed by atoms with Crippen molar-refractivity contribution in [1.29, 1.82) is 0 Å². The van der Waals surface area contributed by atoms with Gasteiger partial charge in [-0.25, -0.2) is 8.78 Å². The Kier molecular flexibility index (Phi) is 4.43. The molecule has 0 saturated heterocycles. The molecule has 32 heavy (non-hydrogen) atoms. The second-order valence-electron chi connectivity index (χ2n) is 8.11. The second-order valence-corrected chi connectivity index (χ2v) is 8.11. The number of aromatic nitrogens is 3. The van der Waals surface area contributed by atoms with Gasteiger partial charge in [-0.3, -0.25) is 14.3 Å². The number of carbonyl (C=O) groups is 1. The Bertz CT molecular complexity index is 1250. The van der Waals surface area contributed by atoms with Crippen LogP contribution in [0.2, 0.25) is 0 Å². The molecule has 0 aliphatic carbocycles. The standard InChI is InChI=1S/C21H17F2N5O4/c1-21(11-27-9-18(28(30)31)25-20(27)32-21)10-26-7-6-17-13(19(26)29)3-5-16(24-17)12-2-4-14(22)15(23)8-12/h2-5,8-9H,6-7,10-11H2,1H3. The third-order valence-electron chi connectivity index (χ3n) is 5.61. The van der Waals surface area contributed by atoms with Crippen LogP contribution in [0.1, 0.15) is 23.0 Å². The summed E-state index contributed by atoms with van der Waals surface area (Å²) in [5.74, 6) is -2.39. The van der Waals surface area contributed by atoms with Gasteiger partial charge in [-0.1, -0.05) is 0 Å². The van der Waals surface area contributed by atoms with Gasteiger partial charge in [-0.2, -0.15) is 0 Å². The number of carbonyl (C=O) groups excluding carboxylic acids is 1. The van der Waals surface area contributed by atoms with Gasteiger partial charge < -0.3 is 19.8 Å². The van der Waals surface area contributed by atoms with Crippen LogP contribution < -0.4 is 4.74 Å². The first-order chi connectivity index (χ1) is 15.2. The van der Waals surface area contributed by atoms with E-state index in [9.17, 15) is 23.7 Å². The molecule has 9 nitrogen and oxygen atoms in total. The van der Waals surface area contributed by atoms with Crippen molar-refractivity contribution in [3.8, 4) is 17.3 Å². The number of hydrogen-bond donors (Lipinski definition) is 0. The van der Waals surface area contributed by atoms with Crippen LogP contribution in [0.15, 0.2) is 36.5 Å². The molecule has 1 aromatic carbocycles. The lowest BCUT2D eigenvalue weighted by Crippen LogP contribution is -2.49. The molecule has 1 atom stereocenters. The smallest absolute Gasteiger partial charge is 0.415 e. The molecule has 1 amide bonds. The topological polar surface area (TPSA) is 103 Å². The molecule has 2 aromatic heterocycles. The summed E-state index contributed by atoms with van der Waals surface area (Å²) in [6.45, 7) is 2.82. The van der Waals surface area contributed by atoms with Crippen molar-refractivity contribution in [3.05, 3.63) is 69.5 Å². The Morgan fingerprint density at radius 2 is 2.03 bits per heavy atom. The highest BCUT2D eigenvalue weighted by molar-refractivity contribution is 5.96. The van der Waals surface area contributed by atoms with E-state index in [1.54, 1.807) is 21.6 Å². The van der Waals surface area contributed by atoms with Crippen LogP contribution in [0.4, 0.5) is 14.6 Å². The highest BCUT2D eigenvalue weighted by atomic mass is 19.2. The first-order valence-corrected chi connectivity index (χ1v) is 9.88. The van der Waals surface area contributed by atoms with E-state index in [2.05, 4.69) is 9.97 Å². The van der Waals surface area contributed by atoms with Crippen molar-refractivity contribution in [2.45, 2.75) is 25.5 Å². The molecule has 0 N–H and O–H groups in total. The number of nitrogens with zero attached hydrogens (tertiary/aromatic N) is 5. The number of fused-ring (bicyclic) bond motifs is 2. The zero-order valence-corrected chi connectivity index (χ0v) is 16.9. The fraction of sp³-hybridized carbons (Fsp3) is 0.286. The zero-order valence-electron chi connectivity index (χ0n) is 16.9. The minimum atomic E-state index is -0.959. The molecule has 0 bridgehead atoms. The summed E-state index contributed by atoms with van der Waals surface area (Å²) in [5, 5.41) is 10.9. The maximum Gasteiger partial charge on any atom is 0.415 e. The van der Waals surface area contributed by atoms with E-state index in [0.717, 1.165) is 12.1 Å². The quantitative estimate of drug-likeness (QED) is 0.456. The average molecular weight is 441 g/mol. The number of amides is 1. The highest BCUT2D eigenvalue weighted by Gasteiger charge is 2.43. The molecule has 0 fully saturated rings. The SMILES string of the molecule is CC1(CN2CCc3nc(-c4ccc(F)c(F)c4)ccc3C2=O)Cn2cc([N+](=O)[O-])nc2O1. The molecule has 0 radical (unpaired) electrons. The van der Waals surface area contributed by atoms with E-state index in [4.69, 9.17) is 4.74 Å². The Hall–Kier alpha value is -3.89. The summed E-state index contributed by atoms with van der Waals surface area (Å²) in [6.07, 6.45) is 1.81. The Balaban J connectivity index is 1.33. The molecule has 2 aliphatic heterocycles. The summed E-state index contributed by atoms with van der Waals surface area (Å²) in [7, 11) is 0. The van der Waals surface area contributed by atoms with E-state index >= 15 is 0 Å². The van der Waals surface area contributed by atoms with E-state index in [0.29, 0.717) is 42.0 Å². The number of halogens is 2. The predicted molar refractivity (Wildman–Crippen MR) is 107 cm³/mol. The van der Waals surface area contributed by atoms with Crippen LogP contribution >= 0.6 is 0 Å². The lowest BCUT2D eigenvalue weighted by Gasteiger charge is -2.34. The van der Waals surface area contributed by atoms with Crippen molar-refractivity contribution >= 4 is 11.7 Å². The molecule has 4 heterocycles. The van der Waals surface area contributed by atoms with Gasteiger partial charge in [0.1, 0.15) is 11.8 Å². The average Bonchev–Trinajstić information content (AvgIpc) is 3.27. The van der Waals surface area contributed by atoms with Crippen molar-refractivity contribution in [3.63, 3.8) is 0 Å². The van der Waals surface area contributed by atoms with E-state index in [-0.39, 0.29) is 24.3 Å². The van der Waals surface area contributed by atoms with Gasteiger partial charge in [0.15, 0.2) is 11.6 Å². The van der Waals surface area contributed by atoms with Crippen LogP contribution in [0.5, 0.6) is 6.01 Å². The van der Waals surface area contributed by atoms with Crippen LogP contribution in [-0.4, -0.2) is 49.0 Å². The summed E-state index contributed by atoms with van der Waals surface area (Å²) >= 11 is 0. The number of pyridine rings is 1. The number of nitro groups is 1. The van der Waals surface area contributed by atoms with Gasteiger partial charge >= 0.3 is 11.8 Å². The number of imidazole rings is 1. The van der Waals surface area contributed by atoms with Crippen LogP contribution in [0.25, 0.3) is 11.3 Å². The summed E-state index contributed by atoms with van der Waals surface area (Å²) in [4.78, 5) is 33.4. The summed E-state index contributed by atoms with van der Waals surface area (Å²) in [6, 6.07) is 6.96. The molecule has 2 aliphatic rings. The van der Waals surface area contributed by atoms with Crippen molar-refractivity contribution in [2.24, 2.45) is 0 Å². The van der Waals surface area contributed by atoms with Gasteiger partial charge in [0.2, 0.25) is 0 Å². The number of ether oxygens (including phenoxy) is 1. The molecule has 1 unspecified atom stereocenters. The van der Waals surface area contributed by atoms with Gasteiger partial charge in [-0.05, 0) is 42.2 Å². The van der Waals surface area contributed by atoms with Crippen LogP contribution in [-0.2, 0) is 13.0 Å². The van der Waals surface area contributed by atoms with Gasteiger partial charge in [0, 0.05) is 23.5 Å². The summed E-state index contributed by atoms with van der Waals surface area (Å²) in [5.41, 5.74) is 1.15. The number of rotatable bonds is 4. The number of hydrogen-bond acceptors (Lipinski definition) is 6. The number of benzene rings is 1. The van der Waals surface area contributed by atoms with Crippen molar-refractivity contribution < 1.29 is 23.2 Å². The monoisotopic (exact) mass is 441 g/mol. The Morgan fingerprint density at radius 1 is 1.22 bits per heavy atom. The lowest BCUT2D eigenvalue weighted by molar-refractivity contribution is -0.389. The minimum Gasteiger partial charge on any atom is -0.436 e.